The summed E-state index contributed by atoms with van der Waals surface area (Å²) in [7, 11) is 0. The third-order valence-electron chi connectivity index (χ3n) is 2.66. The number of nitrogens with two attached hydrogens (primary N) is 1. The van der Waals surface area contributed by atoms with Crippen LogP contribution in [0.5, 0.6) is 0 Å². The fraction of sp³-hybridized carbons (Fsp3) is 0.0769. The van der Waals surface area contributed by atoms with Gasteiger partial charge in [0.1, 0.15) is 0 Å². The summed E-state index contributed by atoms with van der Waals surface area (Å²) in [6, 6.07) is 13.6. The van der Waals surface area contributed by atoms with Gasteiger partial charge >= 0.3 is 0 Å². The van der Waals surface area contributed by atoms with Gasteiger partial charge in [-0.25, -0.2) is 0 Å². The molecule has 0 amide bonds. The van der Waals surface area contributed by atoms with Crippen LogP contribution in [0.15, 0.2) is 58.7 Å². The van der Waals surface area contributed by atoms with Gasteiger partial charge < -0.3 is 5.73 Å². The predicted octanol–water partition coefficient (Wildman–Crippen LogP) is 1.67. The van der Waals surface area contributed by atoms with Crippen LogP contribution in [0.4, 0.5) is 0 Å². The molecule has 0 saturated heterocycles. The standard InChI is InChI=1S/C13H12N6S/c14-8-10-6-7-12(9-15-10)20-13-16-17-18-19(13)11-4-2-1-3-5-11/h1-7,9H,8,14H2. The van der Waals surface area contributed by atoms with Crippen molar-refractivity contribution in [1.29, 1.82) is 0 Å². The van der Waals surface area contributed by atoms with Crippen molar-refractivity contribution in [3.05, 3.63) is 54.4 Å². The van der Waals surface area contributed by atoms with Gasteiger partial charge in [-0.15, -0.1) is 5.10 Å². The highest BCUT2D eigenvalue weighted by molar-refractivity contribution is 7.99. The highest BCUT2D eigenvalue weighted by Gasteiger charge is 2.09. The molecule has 2 N–H and O–H groups in total. The van der Waals surface area contributed by atoms with Gasteiger partial charge in [0.25, 0.3) is 0 Å². The molecule has 3 rings (SSSR count). The zero-order chi connectivity index (χ0) is 13.8. The zero-order valence-corrected chi connectivity index (χ0v) is 11.4. The van der Waals surface area contributed by atoms with E-state index in [-0.39, 0.29) is 0 Å². The molecule has 0 radical (unpaired) electrons. The van der Waals surface area contributed by atoms with E-state index in [4.69, 9.17) is 5.73 Å². The molecule has 1 aromatic carbocycles. The molecule has 0 aliphatic carbocycles. The number of tetrazole rings is 1. The van der Waals surface area contributed by atoms with Gasteiger partial charge in [0.2, 0.25) is 5.16 Å². The molecular weight excluding hydrogens is 272 g/mol. The Hall–Kier alpha value is -2.25. The largest absolute Gasteiger partial charge is 0.325 e. The average Bonchev–Trinajstić information content (AvgIpc) is 2.97. The second kappa shape index (κ2) is 5.81. The van der Waals surface area contributed by atoms with Crippen LogP contribution in [0.3, 0.4) is 0 Å². The third kappa shape index (κ3) is 2.68. The summed E-state index contributed by atoms with van der Waals surface area (Å²) >= 11 is 1.46. The van der Waals surface area contributed by atoms with Crippen LogP contribution in [0.1, 0.15) is 5.69 Å². The molecule has 2 heterocycles. The first-order valence-electron chi connectivity index (χ1n) is 6.03. The van der Waals surface area contributed by atoms with Crippen LogP contribution in [-0.4, -0.2) is 25.2 Å². The van der Waals surface area contributed by atoms with E-state index in [2.05, 4.69) is 20.5 Å². The minimum Gasteiger partial charge on any atom is -0.325 e. The fourth-order valence-electron chi connectivity index (χ4n) is 1.67. The number of para-hydroxylation sites is 1. The lowest BCUT2D eigenvalue weighted by molar-refractivity contribution is 0.756. The van der Waals surface area contributed by atoms with E-state index in [9.17, 15) is 0 Å². The number of aromatic nitrogens is 5. The number of rotatable bonds is 4. The van der Waals surface area contributed by atoms with E-state index in [1.165, 1.54) is 11.8 Å². The first-order valence-corrected chi connectivity index (χ1v) is 6.85. The number of benzene rings is 1. The monoisotopic (exact) mass is 284 g/mol. The SMILES string of the molecule is NCc1ccc(Sc2nnnn2-c2ccccc2)cn1. The molecule has 0 bridgehead atoms. The van der Waals surface area contributed by atoms with Gasteiger partial charge in [0, 0.05) is 17.6 Å². The van der Waals surface area contributed by atoms with Crippen LogP contribution in [0.25, 0.3) is 5.69 Å². The van der Waals surface area contributed by atoms with Gasteiger partial charge in [0.15, 0.2) is 0 Å². The molecular formula is C13H12N6S. The van der Waals surface area contributed by atoms with E-state index >= 15 is 0 Å². The Kier molecular flexibility index (Phi) is 3.71. The summed E-state index contributed by atoms with van der Waals surface area (Å²) in [5, 5.41) is 12.5. The molecule has 20 heavy (non-hydrogen) atoms. The predicted molar refractivity (Wildman–Crippen MR) is 75.4 cm³/mol. The Morgan fingerprint density at radius 3 is 2.65 bits per heavy atom. The van der Waals surface area contributed by atoms with Gasteiger partial charge in [-0.3, -0.25) is 4.98 Å². The summed E-state index contributed by atoms with van der Waals surface area (Å²) < 4.78 is 1.70. The van der Waals surface area contributed by atoms with Crippen molar-refractivity contribution < 1.29 is 0 Å². The number of nitrogens with zero attached hydrogens (tertiary/aromatic N) is 5. The maximum atomic E-state index is 5.53. The first-order chi connectivity index (χ1) is 9.86. The summed E-state index contributed by atoms with van der Waals surface area (Å²) in [5.41, 5.74) is 7.31. The normalized spacial score (nSPS) is 10.7. The van der Waals surface area contributed by atoms with Gasteiger partial charge in [-0.05, 0) is 46.5 Å². The Morgan fingerprint density at radius 2 is 1.95 bits per heavy atom. The molecule has 100 valence electrons. The highest BCUT2D eigenvalue weighted by Crippen LogP contribution is 2.26. The lowest BCUT2D eigenvalue weighted by atomic mass is 10.3. The molecule has 0 atom stereocenters. The van der Waals surface area contributed by atoms with Crippen molar-refractivity contribution in [3.8, 4) is 5.69 Å². The zero-order valence-electron chi connectivity index (χ0n) is 10.5. The van der Waals surface area contributed by atoms with Crippen LogP contribution in [0.2, 0.25) is 0 Å². The third-order valence-corrected chi connectivity index (χ3v) is 3.57. The highest BCUT2D eigenvalue weighted by atomic mass is 32.2. The van der Waals surface area contributed by atoms with Crippen molar-refractivity contribution in [2.75, 3.05) is 0 Å². The number of hydrogen-bond acceptors (Lipinski definition) is 6. The molecule has 0 aliphatic rings. The molecule has 6 nitrogen and oxygen atoms in total. The smallest absolute Gasteiger partial charge is 0.218 e. The van der Waals surface area contributed by atoms with Crippen LogP contribution >= 0.6 is 11.8 Å². The van der Waals surface area contributed by atoms with Crippen molar-refractivity contribution in [2.24, 2.45) is 5.73 Å². The van der Waals surface area contributed by atoms with Crippen molar-refractivity contribution in [1.82, 2.24) is 25.2 Å². The number of pyridine rings is 1. The van der Waals surface area contributed by atoms with Gasteiger partial charge in [-0.1, -0.05) is 18.2 Å². The second-order valence-corrected chi connectivity index (χ2v) is 5.04. The Bertz CT molecular complexity index is 680. The van der Waals surface area contributed by atoms with E-state index in [1.54, 1.807) is 10.9 Å². The lowest BCUT2D eigenvalue weighted by Crippen LogP contribution is -1.99. The van der Waals surface area contributed by atoms with Gasteiger partial charge in [-0.2, -0.15) is 4.68 Å². The van der Waals surface area contributed by atoms with Crippen molar-refractivity contribution >= 4 is 11.8 Å². The molecule has 7 heteroatoms. The quantitative estimate of drug-likeness (QED) is 0.784. The first kappa shape index (κ1) is 12.8. The summed E-state index contributed by atoms with van der Waals surface area (Å²) in [6.45, 7) is 0.437. The minimum atomic E-state index is 0.437. The molecule has 0 aliphatic heterocycles. The fourth-order valence-corrected chi connectivity index (χ4v) is 2.43. The van der Waals surface area contributed by atoms with Crippen molar-refractivity contribution in [2.45, 2.75) is 16.6 Å². The van der Waals surface area contributed by atoms with E-state index in [1.807, 2.05) is 42.5 Å². The van der Waals surface area contributed by atoms with Crippen LogP contribution < -0.4 is 5.73 Å². The maximum absolute atomic E-state index is 5.53. The Balaban J connectivity index is 1.86. The second-order valence-electron chi connectivity index (χ2n) is 4.00. The van der Waals surface area contributed by atoms with Crippen LogP contribution in [0, 0.1) is 0 Å². The molecule has 0 saturated carbocycles. The summed E-state index contributed by atoms with van der Waals surface area (Å²) in [5.74, 6) is 0. The van der Waals surface area contributed by atoms with Gasteiger partial charge in [0.05, 0.1) is 11.4 Å². The molecule has 2 aromatic heterocycles. The van der Waals surface area contributed by atoms with Crippen LogP contribution in [-0.2, 0) is 6.54 Å². The van der Waals surface area contributed by atoms with E-state index < -0.39 is 0 Å². The topological polar surface area (TPSA) is 82.5 Å². The molecule has 0 spiro atoms. The average molecular weight is 284 g/mol. The molecule has 0 fully saturated rings. The Labute approximate surface area is 120 Å². The molecule has 3 aromatic rings. The lowest BCUT2D eigenvalue weighted by Gasteiger charge is -2.04. The summed E-state index contributed by atoms with van der Waals surface area (Å²) in [4.78, 5) is 5.22. The van der Waals surface area contributed by atoms with Crippen molar-refractivity contribution in [3.63, 3.8) is 0 Å². The maximum Gasteiger partial charge on any atom is 0.218 e. The van der Waals surface area contributed by atoms with E-state index in [0.717, 1.165) is 16.3 Å². The Morgan fingerprint density at radius 1 is 1.10 bits per heavy atom. The number of hydrogen-bond donors (Lipinski definition) is 1. The van der Waals surface area contributed by atoms with E-state index in [0.29, 0.717) is 11.7 Å². The summed E-state index contributed by atoms with van der Waals surface area (Å²) in [6.07, 6.45) is 1.77. The minimum absolute atomic E-state index is 0.437. The molecule has 0 unspecified atom stereocenters.